The molecule has 0 radical (unpaired) electrons. The molecule has 0 amide bonds. The van der Waals surface area contributed by atoms with Crippen LogP contribution in [0.25, 0.3) is 0 Å². The van der Waals surface area contributed by atoms with E-state index in [2.05, 4.69) is 0 Å². The Kier molecular flexibility index (Phi) is 5.44. The largest absolute Gasteiger partial charge is 0.493 e. The highest BCUT2D eigenvalue weighted by molar-refractivity contribution is 5.73. The lowest BCUT2D eigenvalue weighted by atomic mass is 10.0. The van der Waals surface area contributed by atoms with Crippen molar-refractivity contribution >= 4 is 5.97 Å². The number of methoxy groups -OCH3 is 3. The standard InChI is InChI=1S/C13H19NO5/c1-17-10-6-8(4-5-9(14)13(15)16)7-11(18-2)12(10)19-3/h6-7,9H,4-5,14H2,1-3H3,(H,15,16)/t9-/m0/s1. The maximum Gasteiger partial charge on any atom is 0.320 e. The van der Waals surface area contributed by atoms with Gasteiger partial charge in [-0.05, 0) is 30.5 Å². The molecule has 106 valence electrons. The van der Waals surface area contributed by atoms with Crippen LogP contribution in [0.3, 0.4) is 0 Å². The lowest BCUT2D eigenvalue weighted by Crippen LogP contribution is -2.30. The number of nitrogens with two attached hydrogens (primary N) is 1. The van der Waals surface area contributed by atoms with Crippen molar-refractivity contribution in [1.29, 1.82) is 0 Å². The van der Waals surface area contributed by atoms with Gasteiger partial charge in [-0.3, -0.25) is 4.79 Å². The summed E-state index contributed by atoms with van der Waals surface area (Å²) in [4.78, 5) is 10.7. The van der Waals surface area contributed by atoms with E-state index in [1.54, 1.807) is 12.1 Å². The molecule has 1 rings (SSSR count). The van der Waals surface area contributed by atoms with Gasteiger partial charge in [0.1, 0.15) is 6.04 Å². The third-order valence-electron chi connectivity index (χ3n) is 2.79. The lowest BCUT2D eigenvalue weighted by Gasteiger charge is -2.14. The Hall–Kier alpha value is -1.95. The Balaban J connectivity index is 2.93. The number of rotatable bonds is 7. The number of ether oxygens (including phenoxy) is 3. The van der Waals surface area contributed by atoms with E-state index < -0.39 is 12.0 Å². The van der Waals surface area contributed by atoms with E-state index in [0.717, 1.165) is 5.56 Å². The van der Waals surface area contributed by atoms with Crippen LogP contribution in [0.5, 0.6) is 17.2 Å². The fraction of sp³-hybridized carbons (Fsp3) is 0.462. The minimum absolute atomic E-state index is 0.341. The van der Waals surface area contributed by atoms with Crippen molar-refractivity contribution in [3.05, 3.63) is 17.7 Å². The number of carboxylic acid groups (broad SMARTS) is 1. The van der Waals surface area contributed by atoms with Crippen molar-refractivity contribution in [2.45, 2.75) is 18.9 Å². The van der Waals surface area contributed by atoms with Crippen molar-refractivity contribution in [3.8, 4) is 17.2 Å². The molecule has 1 atom stereocenters. The molecule has 0 fully saturated rings. The summed E-state index contributed by atoms with van der Waals surface area (Å²) in [6.07, 6.45) is 0.859. The van der Waals surface area contributed by atoms with Crippen molar-refractivity contribution in [1.82, 2.24) is 0 Å². The number of carbonyl (C=O) groups is 1. The first-order valence-electron chi connectivity index (χ1n) is 5.80. The SMILES string of the molecule is COc1cc(CC[C@H](N)C(=O)O)cc(OC)c1OC. The molecular formula is C13H19NO5. The number of benzene rings is 1. The highest BCUT2D eigenvalue weighted by Crippen LogP contribution is 2.38. The first-order valence-corrected chi connectivity index (χ1v) is 5.80. The van der Waals surface area contributed by atoms with E-state index in [4.69, 9.17) is 25.1 Å². The number of hydrogen-bond donors (Lipinski definition) is 2. The summed E-state index contributed by atoms with van der Waals surface area (Å²) in [5.74, 6) is 0.588. The van der Waals surface area contributed by atoms with Gasteiger partial charge in [0.15, 0.2) is 11.5 Å². The molecule has 19 heavy (non-hydrogen) atoms. The summed E-state index contributed by atoms with van der Waals surface area (Å²) in [7, 11) is 4.59. The van der Waals surface area contributed by atoms with Gasteiger partial charge in [0.05, 0.1) is 21.3 Å². The summed E-state index contributed by atoms with van der Waals surface area (Å²) in [5.41, 5.74) is 6.36. The van der Waals surface area contributed by atoms with Crippen LogP contribution in [0.1, 0.15) is 12.0 Å². The number of carboxylic acids is 1. The molecule has 0 unspecified atom stereocenters. The van der Waals surface area contributed by atoms with Gasteiger partial charge in [-0.15, -0.1) is 0 Å². The van der Waals surface area contributed by atoms with Crippen molar-refractivity contribution in [3.63, 3.8) is 0 Å². The van der Waals surface area contributed by atoms with Crippen LogP contribution in [0.4, 0.5) is 0 Å². The second-order valence-electron chi connectivity index (χ2n) is 4.02. The molecule has 3 N–H and O–H groups in total. The van der Waals surface area contributed by atoms with Crippen LogP contribution in [-0.2, 0) is 11.2 Å². The van der Waals surface area contributed by atoms with Crippen LogP contribution >= 0.6 is 0 Å². The molecular weight excluding hydrogens is 250 g/mol. The molecule has 1 aromatic carbocycles. The fourth-order valence-corrected chi connectivity index (χ4v) is 1.73. The molecule has 6 heteroatoms. The Morgan fingerprint density at radius 1 is 1.21 bits per heavy atom. The number of aryl methyl sites for hydroxylation is 1. The highest BCUT2D eigenvalue weighted by atomic mass is 16.5. The molecule has 0 saturated carbocycles. The summed E-state index contributed by atoms with van der Waals surface area (Å²) in [5, 5.41) is 8.75. The van der Waals surface area contributed by atoms with Gasteiger partial charge in [-0.1, -0.05) is 0 Å². The van der Waals surface area contributed by atoms with Crippen LogP contribution in [-0.4, -0.2) is 38.4 Å². The number of aliphatic carboxylic acids is 1. The second-order valence-corrected chi connectivity index (χ2v) is 4.02. The normalized spacial score (nSPS) is 11.8. The van der Waals surface area contributed by atoms with Crippen LogP contribution in [0.2, 0.25) is 0 Å². The molecule has 0 aliphatic carbocycles. The maximum absolute atomic E-state index is 10.7. The predicted octanol–water partition coefficient (Wildman–Crippen LogP) is 1.06. The molecule has 1 aromatic rings. The smallest absolute Gasteiger partial charge is 0.320 e. The second kappa shape index (κ2) is 6.84. The topological polar surface area (TPSA) is 91.0 Å². The Morgan fingerprint density at radius 3 is 2.11 bits per heavy atom. The Labute approximate surface area is 112 Å². The van der Waals surface area contributed by atoms with Gasteiger partial charge in [0.25, 0.3) is 0 Å². The first-order chi connectivity index (χ1) is 9.03. The molecule has 0 saturated heterocycles. The zero-order valence-corrected chi connectivity index (χ0v) is 11.3. The predicted molar refractivity (Wildman–Crippen MR) is 70.0 cm³/mol. The van der Waals surface area contributed by atoms with Gasteiger partial charge < -0.3 is 25.1 Å². The van der Waals surface area contributed by atoms with E-state index in [1.165, 1.54) is 21.3 Å². The fourth-order valence-electron chi connectivity index (χ4n) is 1.73. The van der Waals surface area contributed by atoms with Gasteiger partial charge in [-0.2, -0.15) is 0 Å². The van der Waals surface area contributed by atoms with Gasteiger partial charge >= 0.3 is 5.97 Å². The zero-order chi connectivity index (χ0) is 14.4. The monoisotopic (exact) mass is 269 g/mol. The molecule has 0 aliphatic heterocycles. The minimum atomic E-state index is -1.01. The molecule has 0 bridgehead atoms. The summed E-state index contributed by atoms with van der Waals surface area (Å²) in [6.45, 7) is 0. The lowest BCUT2D eigenvalue weighted by molar-refractivity contribution is -0.138. The molecule has 6 nitrogen and oxygen atoms in total. The number of hydrogen-bond acceptors (Lipinski definition) is 5. The Morgan fingerprint density at radius 2 is 1.74 bits per heavy atom. The van der Waals surface area contributed by atoms with Crippen molar-refractivity contribution in [2.75, 3.05) is 21.3 Å². The van der Waals surface area contributed by atoms with E-state index in [1.807, 2.05) is 0 Å². The molecule has 0 heterocycles. The van der Waals surface area contributed by atoms with E-state index >= 15 is 0 Å². The summed E-state index contributed by atoms with van der Waals surface area (Å²) >= 11 is 0. The van der Waals surface area contributed by atoms with Crippen molar-refractivity contribution < 1.29 is 24.1 Å². The minimum Gasteiger partial charge on any atom is -0.493 e. The van der Waals surface area contributed by atoms with Gasteiger partial charge in [0, 0.05) is 0 Å². The van der Waals surface area contributed by atoms with Crippen LogP contribution < -0.4 is 19.9 Å². The quantitative estimate of drug-likeness (QED) is 0.769. The Bertz CT molecular complexity index is 422. The van der Waals surface area contributed by atoms with E-state index in [0.29, 0.717) is 30.1 Å². The van der Waals surface area contributed by atoms with Gasteiger partial charge in [-0.25, -0.2) is 0 Å². The molecule has 0 aliphatic rings. The van der Waals surface area contributed by atoms with E-state index in [9.17, 15) is 4.79 Å². The van der Waals surface area contributed by atoms with Crippen molar-refractivity contribution in [2.24, 2.45) is 5.73 Å². The van der Waals surface area contributed by atoms with Crippen LogP contribution in [0, 0.1) is 0 Å². The summed E-state index contributed by atoms with van der Waals surface area (Å²) < 4.78 is 15.7. The van der Waals surface area contributed by atoms with E-state index in [-0.39, 0.29) is 0 Å². The average Bonchev–Trinajstić information content (AvgIpc) is 2.42. The zero-order valence-electron chi connectivity index (χ0n) is 11.3. The average molecular weight is 269 g/mol. The van der Waals surface area contributed by atoms with Crippen LogP contribution in [0.15, 0.2) is 12.1 Å². The molecule has 0 spiro atoms. The third kappa shape index (κ3) is 3.75. The van der Waals surface area contributed by atoms with Gasteiger partial charge in [0.2, 0.25) is 5.75 Å². The molecule has 0 aromatic heterocycles. The third-order valence-corrected chi connectivity index (χ3v) is 2.79. The highest BCUT2D eigenvalue weighted by Gasteiger charge is 2.15. The first kappa shape index (κ1) is 15.1. The summed E-state index contributed by atoms with van der Waals surface area (Å²) in [6, 6.07) is 2.70. The maximum atomic E-state index is 10.7.